The number of aromatic nitrogens is 2. The van der Waals surface area contributed by atoms with Crippen molar-refractivity contribution in [3.05, 3.63) is 12.4 Å². The number of hydrogen-bond acceptors (Lipinski definition) is 4. The van der Waals surface area contributed by atoms with Crippen LogP contribution in [-0.4, -0.2) is 48.6 Å². The fourth-order valence-electron chi connectivity index (χ4n) is 2.73. The van der Waals surface area contributed by atoms with Crippen LogP contribution in [0, 0.1) is 5.92 Å². The Labute approximate surface area is 100 Å². The van der Waals surface area contributed by atoms with E-state index < -0.39 is 10.0 Å². The molecule has 94 valence electrons. The standard InChI is InChI=1S/C10H16N4O2S/c15-17(16,9-4-12-13-5-9)14-6-8-2-1-3-11-10(8)7-14/h4-5,8,10-11H,1-3,6-7H2,(H,12,13). The summed E-state index contributed by atoms with van der Waals surface area (Å²) >= 11 is 0. The molecule has 0 radical (unpaired) electrons. The van der Waals surface area contributed by atoms with Gasteiger partial charge in [0.2, 0.25) is 10.0 Å². The summed E-state index contributed by atoms with van der Waals surface area (Å²) in [7, 11) is -3.35. The molecular formula is C10H16N4O2S. The topological polar surface area (TPSA) is 78.1 Å². The van der Waals surface area contributed by atoms with Gasteiger partial charge in [-0.25, -0.2) is 8.42 Å². The molecule has 2 saturated heterocycles. The van der Waals surface area contributed by atoms with Crippen LogP contribution < -0.4 is 5.32 Å². The van der Waals surface area contributed by atoms with Crippen molar-refractivity contribution in [2.45, 2.75) is 23.8 Å². The third-order valence-corrected chi connectivity index (χ3v) is 5.47. The van der Waals surface area contributed by atoms with E-state index in [1.807, 2.05) is 0 Å². The number of H-pyrrole nitrogens is 1. The van der Waals surface area contributed by atoms with E-state index in [9.17, 15) is 8.42 Å². The number of piperidine rings is 1. The fourth-order valence-corrected chi connectivity index (χ4v) is 4.16. The molecule has 0 saturated carbocycles. The van der Waals surface area contributed by atoms with Gasteiger partial charge in [0.05, 0.1) is 6.20 Å². The smallest absolute Gasteiger partial charge is 0.246 e. The van der Waals surface area contributed by atoms with E-state index >= 15 is 0 Å². The van der Waals surface area contributed by atoms with Crippen LogP contribution in [0.2, 0.25) is 0 Å². The maximum absolute atomic E-state index is 12.3. The van der Waals surface area contributed by atoms with Gasteiger partial charge in [-0.15, -0.1) is 0 Å². The Morgan fingerprint density at radius 3 is 3.00 bits per heavy atom. The highest BCUT2D eigenvalue weighted by Gasteiger charge is 2.40. The molecule has 2 unspecified atom stereocenters. The number of nitrogens with one attached hydrogen (secondary N) is 2. The Kier molecular flexibility index (Phi) is 2.68. The zero-order valence-electron chi connectivity index (χ0n) is 9.46. The van der Waals surface area contributed by atoms with E-state index in [0.29, 0.717) is 25.0 Å². The Morgan fingerprint density at radius 1 is 1.41 bits per heavy atom. The molecule has 17 heavy (non-hydrogen) atoms. The monoisotopic (exact) mass is 256 g/mol. The third-order valence-electron chi connectivity index (χ3n) is 3.68. The highest BCUT2D eigenvalue weighted by atomic mass is 32.2. The lowest BCUT2D eigenvalue weighted by atomic mass is 9.94. The first-order valence-corrected chi connectivity index (χ1v) is 7.34. The molecule has 0 aliphatic carbocycles. The minimum absolute atomic E-state index is 0.260. The molecule has 3 heterocycles. The molecule has 0 amide bonds. The first-order chi connectivity index (χ1) is 8.18. The Balaban J connectivity index is 1.82. The second-order valence-corrected chi connectivity index (χ2v) is 6.66. The molecule has 3 rings (SSSR count). The largest absolute Gasteiger partial charge is 0.312 e. The molecule has 2 N–H and O–H groups in total. The summed E-state index contributed by atoms with van der Waals surface area (Å²) in [5, 5.41) is 9.65. The van der Waals surface area contributed by atoms with Gasteiger partial charge in [-0.2, -0.15) is 9.40 Å². The van der Waals surface area contributed by atoms with E-state index in [1.54, 1.807) is 4.31 Å². The SMILES string of the molecule is O=S(=O)(c1cn[nH]c1)N1CC2CCCNC2C1. The first-order valence-electron chi connectivity index (χ1n) is 5.90. The van der Waals surface area contributed by atoms with Gasteiger partial charge in [0, 0.05) is 25.3 Å². The van der Waals surface area contributed by atoms with Crippen molar-refractivity contribution in [2.75, 3.05) is 19.6 Å². The van der Waals surface area contributed by atoms with Crippen molar-refractivity contribution in [1.82, 2.24) is 19.8 Å². The number of sulfonamides is 1. The van der Waals surface area contributed by atoms with Gasteiger partial charge in [0.25, 0.3) is 0 Å². The molecule has 2 aliphatic rings. The molecule has 2 fully saturated rings. The zero-order chi connectivity index (χ0) is 11.9. The van der Waals surface area contributed by atoms with Crippen LogP contribution in [0.15, 0.2) is 17.3 Å². The second-order valence-electron chi connectivity index (χ2n) is 4.72. The third kappa shape index (κ3) is 1.88. The molecule has 0 bridgehead atoms. The molecule has 1 aromatic heterocycles. The molecular weight excluding hydrogens is 240 g/mol. The Morgan fingerprint density at radius 2 is 2.29 bits per heavy atom. The minimum atomic E-state index is -3.35. The summed E-state index contributed by atoms with van der Waals surface area (Å²) < 4.78 is 26.1. The second kappa shape index (κ2) is 4.08. The van der Waals surface area contributed by atoms with Gasteiger partial charge in [-0.1, -0.05) is 0 Å². The average Bonchev–Trinajstić information content (AvgIpc) is 2.98. The average molecular weight is 256 g/mol. The molecule has 1 aromatic rings. The fraction of sp³-hybridized carbons (Fsp3) is 0.700. The first kappa shape index (κ1) is 11.2. The number of hydrogen-bond donors (Lipinski definition) is 2. The number of fused-ring (bicyclic) bond motifs is 1. The van der Waals surface area contributed by atoms with Crippen LogP contribution in [0.5, 0.6) is 0 Å². The number of nitrogens with zero attached hydrogens (tertiary/aromatic N) is 2. The van der Waals surface area contributed by atoms with Crippen molar-refractivity contribution in [1.29, 1.82) is 0 Å². The number of aromatic amines is 1. The van der Waals surface area contributed by atoms with Crippen LogP contribution in [0.3, 0.4) is 0 Å². The highest BCUT2D eigenvalue weighted by Crippen LogP contribution is 2.28. The maximum Gasteiger partial charge on any atom is 0.246 e. The van der Waals surface area contributed by atoms with Gasteiger partial charge in [0.1, 0.15) is 4.90 Å². The molecule has 2 atom stereocenters. The normalized spacial score (nSPS) is 30.4. The number of rotatable bonds is 2. The van der Waals surface area contributed by atoms with Crippen molar-refractivity contribution in [2.24, 2.45) is 5.92 Å². The summed E-state index contributed by atoms with van der Waals surface area (Å²) in [6, 6.07) is 0.324. The van der Waals surface area contributed by atoms with Crippen molar-refractivity contribution >= 4 is 10.0 Å². The summed E-state index contributed by atoms with van der Waals surface area (Å²) in [5.74, 6) is 0.463. The van der Waals surface area contributed by atoms with Gasteiger partial charge >= 0.3 is 0 Å². The highest BCUT2D eigenvalue weighted by molar-refractivity contribution is 7.89. The van der Waals surface area contributed by atoms with Gasteiger partial charge in [-0.05, 0) is 25.3 Å². The lowest BCUT2D eigenvalue weighted by molar-refractivity contribution is 0.339. The zero-order valence-corrected chi connectivity index (χ0v) is 10.3. The lowest BCUT2D eigenvalue weighted by Crippen LogP contribution is -2.41. The van der Waals surface area contributed by atoms with Crippen LogP contribution in [0.25, 0.3) is 0 Å². The Hall–Kier alpha value is -0.920. The summed E-state index contributed by atoms with van der Waals surface area (Å²) in [6.07, 6.45) is 5.06. The van der Waals surface area contributed by atoms with Crippen LogP contribution >= 0.6 is 0 Å². The Bertz CT molecular complexity index is 470. The quantitative estimate of drug-likeness (QED) is 0.767. The predicted molar refractivity (Wildman–Crippen MR) is 61.9 cm³/mol. The minimum Gasteiger partial charge on any atom is -0.312 e. The van der Waals surface area contributed by atoms with E-state index in [0.717, 1.165) is 19.4 Å². The van der Waals surface area contributed by atoms with Gasteiger partial charge in [0.15, 0.2) is 0 Å². The van der Waals surface area contributed by atoms with Gasteiger partial charge in [-0.3, -0.25) is 5.10 Å². The van der Waals surface area contributed by atoms with Crippen molar-refractivity contribution in [3.8, 4) is 0 Å². The van der Waals surface area contributed by atoms with Crippen molar-refractivity contribution < 1.29 is 8.42 Å². The van der Waals surface area contributed by atoms with Crippen LogP contribution in [0.4, 0.5) is 0 Å². The molecule has 0 spiro atoms. The molecule has 2 aliphatic heterocycles. The summed E-state index contributed by atoms with van der Waals surface area (Å²) in [6.45, 7) is 2.21. The van der Waals surface area contributed by atoms with E-state index in [1.165, 1.54) is 12.4 Å². The lowest BCUT2D eigenvalue weighted by Gasteiger charge is -2.24. The summed E-state index contributed by atoms with van der Waals surface area (Å²) in [5.41, 5.74) is 0. The molecule has 0 aromatic carbocycles. The van der Waals surface area contributed by atoms with Crippen LogP contribution in [0.1, 0.15) is 12.8 Å². The summed E-state index contributed by atoms with van der Waals surface area (Å²) in [4.78, 5) is 0.260. The van der Waals surface area contributed by atoms with E-state index in [4.69, 9.17) is 0 Å². The molecule has 6 nitrogen and oxygen atoms in total. The van der Waals surface area contributed by atoms with E-state index in [-0.39, 0.29) is 4.90 Å². The maximum atomic E-state index is 12.3. The van der Waals surface area contributed by atoms with Crippen molar-refractivity contribution in [3.63, 3.8) is 0 Å². The predicted octanol–water partition coefficient (Wildman–Crippen LogP) is -0.218. The van der Waals surface area contributed by atoms with Crippen LogP contribution in [-0.2, 0) is 10.0 Å². The van der Waals surface area contributed by atoms with E-state index in [2.05, 4.69) is 15.5 Å². The molecule has 7 heteroatoms. The van der Waals surface area contributed by atoms with Gasteiger partial charge < -0.3 is 5.32 Å².